The van der Waals surface area contributed by atoms with E-state index < -0.39 is 0 Å². The van der Waals surface area contributed by atoms with Crippen LogP contribution in [0.5, 0.6) is 11.5 Å². The van der Waals surface area contributed by atoms with E-state index in [9.17, 15) is 0 Å². The number of imidazole rings is 1. The molecule has 0 saturated carbocycles. The molecule has 5 nitrogen and oxygen atoms in total. The van der Waals surface area contributed by atoms with Crippen LogP contribution in [0, 0.1) is 6.92 Å². The summed E-state index contributed by atoms with van der Waals surface area (Å²) in [5.41, 5.74) is 7.64. The lowest BCUT2D eigenvalue weighted by Gasteiger charge is -2.12. The maximum Gasteiger partial charge on any atom is 0.180 e. The van der Waals surface area contributed by atoms with Gasteiger partial charge in [0.05, 0.1) is 19.2 Å². The number of nitrogens with zero attached hydrogens (tertiary/aromatic N) is 2. The van der Waals surface area contributed by atoms with Gasteiger partial charge >= 0.3 is 0 Å². The molecule has 0 aliphatic rings. The summed E-state index contributed by atoms with van der Waals surface area (Å²) in [7, 11) is 3.13. The number of aromatic nitrogens is 2. The highest BCUT2D eigenvalue weighted by molar-refractivity contribution is 6.35. The van der Waals surface area contributed by atoms with E-state index in [0.29, 0.717) is 28.0 Å². The summed E-state index contributed by atoms with van der Waals surface area (Å²) >= 11 is 6.43. The topological polar surface area (TPSA) is 62.3 Å². The zero-order chi connectivity index (χ0) is 15.6. The minimum atomic E-state index is 0.449. The van der Waals surface area contributed by atoms with Gasteiger partial charge in [0.25, 0.3) is 0 Å². The molecule has 0 radical (unpaired) electrons. The minimum Gasteiger partial charge on any atom is -0.493 e. The van der Waals surface area contributed by atoms with Crippen molar-refractivity contribution in [3.05, 3.63) is 23.0 Å². The number of benzene rings is 1. The van der Waals surface area contributed by atoms with E-state index >= 15 is 0 Å². The number of hydrogen-bond donors (Lipinski definition) is 1. The van der Waals surface area contributed by atoms with Gasteiger partial charge in [-0.1, -0.05) is 18.5 Å². The molecule has 0 amide bonds. The lowest BCUT2D eigenvalue weighted by atomic mass is 10.1. The number of anilines is 1. The van der Waals surface area contributed by atoms with Crippen molar-refractivity contribution in [1.82, 2.24) is 9.55 Å². The zero-order valence-corrected chi connectivity index (χ0v) is 13.5. The van der Waals surface area contributed by atoms with Gasteiger partial charge < -0.3 is 19.8 Å². The Morgan fingerprint density at radius 3 is 2.57 bits per heavy atom. The van der Waals surface area contributed by atoms with Crippen LogP contribution in [0.15, 0.2) is 12.1 Å². The van der Waals surface area contributed by atoms with Crippen LogP contribution < -0.4 is 15.2 Å². The van der Waals surface area contributed by atoms with Crippen LogP contribution in [-0.2, 0) is 6.54 Å². The smallest absolute Gasteiger partial charge is 0.180 e. The van der Waals surface area contributed by atoms with E-state index in [1.807, 2.05) is 17.6 Å². The van der Waals surface area contributed by atoms with Gasteiger partial charge in [0.15, 0.2) is 11.5 Å². The van der Waals surface area contributed by atoms with Crippen LogP contribution >= 0.6 is 11.6 Å². The number of nitrogens with two attached hydrogens (primary N) is 1. The molecule has 21 heavy (non-hydrogen) atoms. The largest absolute Gasteiger partial charge is 0.493 e. The number of halogens is 1. The van der Waals surface area contributed by atoms with Gasteiger partial charge in [0.2, 0.25) is 0 Å². The van der Waals surface area contributed by atoms with Gasteiger partial charge in [0.1, 0.15) is 17.3 Å². The molecule has 0 fully saturated rings. The SMILES string of the molecule is CCCn1c(C)nc(-c2ccc(OC)c(OC)c2Cl)c1N. The first-order valence-corrected chi connectivity index (χ1v) is 7.16. The third kappa shape index (κ3) is 2.65. The summed E-state index contributed by atoms with van der Waals surface area (Å²) in [6.07, 6.45) is 0.987. The van der Waals surface area contributed by atoms with Gasteiger partial charge in [0, 0.05) is 12.1 Å². The number of methoxy groups -OCH3 is 2. The van der Waals surface area contributed by atoms with Crippen LogP contribution in [-0.4, -0.2) is 23.8 Å². The molecular formula is C15H20ClN3O2. The van der Waals surface area contributed by atoms with Crippen LogP contribution in [0.2, 0.25) is 5.02 Å². The maximum absolute atomic E-state index is 6.43. The Morgan fingerprint density at radius 1 is 1.29 bits per heavy atom. The summed E-state index contributed by atoms with van der Waals surface area (Å²) in [6, 6.07) is 3.64. The fraction of sp³-hybridized carbons (Fsp3) is 0.400. The highest BCUT2D eigenvalue weighted by Crippen LogP contribution is 2.42. The Hall–Kier alpha value is -1.88. The summed E-state index contributed by atoms with van der Waals surface area (Å²) in [5, 5.41) is 0.449. The monoisotopic (exact) mass is 309 g/mol. The second kappa shape index (κ2) is 6.26. The van der Waals surface area contributed by atoms with Crippen molar-refractivity contribution in [2.75, 3.05) is 20.0 Å². The van der Waals surface area contributed by atoms with Gasteiger partial charge in [-0.05, 0) is 25.5 Å². The van der Waals surface area contributed by atoms with Crippen molar-refractivity contribution >= 4 is 17.4 Å². The molecular weight excluding hydrogens is 290 g/mol. The Morgan fingerprint density at radius 2 is 2.00 bits per heavy atom. The van der Waals surface area contributed by atoms with Crippen molar-refractivity contribution in [3.8, 4) is 22.8 Å². The van der Waals surface area contributed by atoms with Gasteiger partial charge in [-0.15, -0.1) is 0 Å². The van der Waals surface area contributed by atoms with Crippen LogP contribution in [0.25, 0.3) is 11.3 Å². The molecule has 6 heteroatoms. The molecule has 114 valence electrons. The van der Waals surface area contributed by atoms with Crippen molar-refractivity contribution in [3.63, 3.8) is 0 Å². The predicted molar refractivity (Wildman–Crippen MR) is 85.2 cm³/mol. The first-order chi connectivity index (χ1) is 10.0. The molecule has 1 aromatic heterocycles. The first-order valence-electron chi connectivity index (χ1n) is 6.78. The van der Waals surface area contributed by atoms with Gasteiger partial charge in [-0.2, -0.15) is 0 Å². The van der Waals surface area contributed by atoms with E-state index in [1.54, 1.807) is 20.3 Å². The number of ether oxygens (including phenoxy) is 2. The molecule has 0 spiro atoms. The molecule has 2 N–H and O–H groups in total. The maximum atomic E-state index is 6.43. The molecule has 0 aliphatic heterocycles. The van der Waals surface area contributed by atoms with Crippen molar-refractivity contribution in [2.45, 2.75) is 26.8 Å². The number of nitrogen functional groups attached to an aromatic ring is 1. The fourth-order valence-electron chi connectivity index (χ4n) is 2.36. The second-order valence-electron chi connectivity index (χ2n) is 4.71. The molecule has 2 aromatic rings. The summed E-state index contributed by atoms with van der Waals surface area (Å²) in [5.74, 6) is 2.55. The average molecular weight is 310 g/mol. The highest BCUT2D eigenvalue weighted by Gasteiger charge is 2.20. The van der Waals surface area contributed by atoms with E-state index in [1.165, 1.54) is 0 Å². The van der Waals surface area contributed by atoms with Crippen molar-refractivity contribution in [2.24, 2.45) is 0 Å². The fourth-order valence-corrected chi connectivity index (χ4v) is 2.68. The number of hydrogen-bond acceptors (Lipinski definition) is 4. The van der Waals surface area contributed by atoms with Crippen LogP contribution in [0.1, 0.15) is 19.2 Å². The van der Waals surface area contributed by atoms with Gasteiger partial charge in [-0.3, -0.25) is 0 Å². The summed E-state index contributed by atoms with van der Waals surface area (Å²) < 4.78 is 12.5. The molecule has 0 aliphatic carbocycles. The molecule has 1 aromatic carbocycles. The minimum absolute atomic E-state index is 0.449. The van der Waals surface area contributed by atoms with E-state index in [2.05, 4.69) is 11.9 Å². The Balaban J connectivity index is 2.60. The molecule has 1 heterocycles. The van der Waals surface area contributed by atoms with Crippen LogP contribution in [0.4, 0.5) is 5.82 Å². The highest BCUT2D eigenvalue weighted by atomic mass is 35.5. The molecule has 0 atom stereocenters. The van der Waals surface area contributed by atoms with E-state index in [4.69, 9.17) is 26.8 Å². The summed E-state index contributed by atoms with van der Waals surface area (Å²) in [4.78, 5) is 4.55. The molecule has 2 rings (SSSR count). The van der Waals surface area contributed by atoms with Crippen molar-refractivity contribution in [1.29, 1.82) is 0 Å². The lowest BCUT2D eigenvalue weighted by Crippen LogP contribution is -2.04. The Labute approximate surface area is 129 Å². The second-order valence-corrected chi connectivity index (χ2v) is 5.09. The molecule has 0 unspecified atom stereocenters. The third-order valence-electron chi connectivity index (χ3n) is 3.39. The standard InChI is InChI=1S/C15H20ClN3O2/c1-5-8-19-9(2)18-13(15(19)17)10-6-7-11(20-3)14(21-4)12(10)16/h6-7H,5,8,17H2,1-4H3. The third-order valence-corrected chi connectivity index (χ3v) is 3.76. The van der Waals surface area contributed by atoms with Gasteiger partial charge in [-0.25, -0.2) is 4.98 Å². The number of rotatable bonds is 5. The quantitative estimate of drug-likeness (QED) is 0.918. The molecule has 0 saturated heterocycles. The van der Waals surface area contributed by atoms with Crippen molar-refractivity contribution < 1.29 is 9.47 Å². The normalized spacial score (nSPS) is 10.7. The first kappa shape index (κ1) is 15.5. The predicted octanol–water partition coefficient (Wildman–Crippen LogP) is 3.52. The number of aryl methyl sites for hydroxylation is 1. The Kier molecular flexibility index (Phi) is 4.63. The van der Waals surface area contributed by atoms with E-state index in [0.717, 1.165) is 24.4 Å². The summed E-state index contributed by atoms with van der Waals surface area (Å²) in [6.45, 7) is 4.86. The zero-order valence-electron chi connectivity index (χ0n) is 12.7. The van der Waals surface area contributed by atoms with E-state index in [-0.39, 0.29) is 0 Å². The van der Waals surface area contributed by atoms with Crippen LogP contribution in [0.3, 0.4) is 0 Å². The lowest BCUT2D eigenvalue weighted by molar-refractivity contribution is 0.355. The molecule has 0 bridgehead atoms. The average Bonchev–Trinajstić information content (AvgIpc) is 2.75. The Bertz CT molecular complexity index is 653.